The van der Waals surface area contributed by atoms with E-state index in [1.807, 2.05) is 13.0 Å². The second-order valence-corrected chi connectivity index (χ2v) is 3.70. The fourth-order valence-corrected chi connectivity index (χ4v) is 1.84. The summed E-state index contributed by atoms with van der Waals surface area (Å²) >= 11 is 0. The van der Waals surface area contributed by atoms with E-state index in [0.29, 0.717) is 17.2 Å². The minimum Gasteiger partial charge on any atom is -0.493 e. The van der Waals surface area contributed by atoms with E-state index >= 15 is 0 Å². The van der Waals surface area contributed by atoms with Crippen molar-refractivity contribution in [1.82, 2.24) is 0 Å². The Hall–Kier alpha value is -2.02. The Balaban J connectivity index is 2.67. The van der Waals surface area contributed by atoms with E-state index in [4.69, 9.17) is 14.2 Å². The minimum absolute atomic E-state index is 0.0921. The third-order valence-corrected chi connectivity index (χ3v) is 2.61. The molecule has 0 saturated heterocycles. The molecule has 0 aromatic heterocycles. The molecule has 0 radical (unpaired) electrons. The molecule has 0 fully saturated rings. The summed E-state index contributed by atoms with van der Waals surface area (Å²) < 4.78 is 16.0. The largest absolute Gasteiger partial charge is 0.493 e. The average Bonchev–Trinajstić information content (AvgIpc) is 2.36. The molecule has 0 aliphatic carbocycles. The molecule has 2 rings (SSSR count). The number of methoxy groups -OCH3 is 3. The quantitative estimate of drug-likeness (QED) is 0.809. The van der Waals surface area contributed by atoms with Crippen molar-refractivity contribution < 1.29 is 14.2 Å². The van der Waals surface area contributed by atoms with Gasteiger partial charge in [0.25, 0.3) is 0 Å². The Kier molecular flexibility index (Phi) is 3.01. The van der Waals surface area contributed by atoms with Gasteiger partial charge in [-0.1, -0.05) is 11.8 Å². The predicted octanol–water partition coefficient (Wildman–Crippen LogP) is 1.88. The first-order valence-corrected chi connectivity index (χ1v) is 5.32. The first-order chi connectivity index (χ1) is 8.21. The van der Waals surface area contributed by atoms with Gasteiger partial charge in [0, 0.05) is 6.07 Å². The van der Waals surface area contributed by atoms with E-state index in [0.717, 1.165) is 11.3 Å². The van der Waals surface area contributed by atoms with Gasteiger partial charge in [-0.2, -0.15) is 0 Å². The normalized spacial score (nSPS) is 16.1. The van der Waals surface area contributed by atoms with Crippen LogP contribution in [0, 0.1) is 11.8 Å². The number of hydrogen-bond donors (Lipinski definition) is 1. The van der Waals surface area contributed by atoms with Gasteiger partial charge in [0.05, 0.1) is 38.6 Å². The second kappa shape index (κ2) is 4.46. The molecule has 0 bridgehead atoms. The molecule has 1 N–H and O–H groups in total. The molecular weight excluding hydrogens is 218 g/mol. The molecule has 4 nitrogen and oxygen atoms in total. The van der Waals surface area contributed by atoms with Gasteiger partial charge < -0.3 is 19.5 Å². The highest BCUT2D eigenvalue weighted by Crippen LogP contribution is 2.45. The van der Waals surface area contributed by atoms with E-state index in [-0.39, 0.29) is 6.04 Å². The van der Waals surface area contributed by atoms with E-state index in [1.165, 1.54) is 0 Å². The van der Waals surface area contributed by atoms with Crippen LogP contribution >= 0.6 is 0 Å². The fourth-order valence-electron chi connectivity index (χ4n) is 1.84. The fraction of sp³-hybridized carbons (Fsp3) is 0.385. The van der Waals surface area contributed by atoms with Crippen LogP contribution in [0.3, 0.4) is 0 Å². The molecule has 1 aliphatic rings. The van der Waals surface area contributed by atoms with Crippen molar-refractivity contribution in [3.05, 3.63) is 11.6 Å². The summed E-state index contributed by atoms with van der Waals surface area (Å²) in [4.78, 5) is 0. The summed E-state index contributed by atoms with van der Waals surface area (Å²) in [5.74, 6) is 7.98. The molecule has 1 aliphatic heterocycles. The number of benzene rings is 1. The molecular formula is C13H15NO3. The topological polar surface area (TPSA) is 39.7 Å². The third kappa shape index (κ3) is 1.84. The van der Waals surface area contributed by atoms with E-state index in [2.05, 4.69) is 17.2 Å². The van der Waals surface area contributed by atoms with Crippen molar-refractivity contribution in [1.29, 1.82) is 0 Å². The van der Waals surface area contributed by atoms with Gasteiger partial charge in [-0.3, -0.25) is 0 Å². The molecule has 17 heavy (non-hydrogen) atoms. The van der Waals surface area contributed by atoms with Crippen molar-refractivity contribution in [2.75, 3.05) is 26.6 Å². The molecule has 0 saturated carbocycles. The molecule has 1 aromatic rings. The SMILES string of the molecule is COc1cc2c(c(OC)c1OC)NC(C)C#C2. The average molecular weight is 233 g/mol. The number of nitrogens with one attached hydrogen (secondary N) is 1. The highest BCUT2D eigenvalue weighted by molar-refractivity contribution is 5.77. The highest BCUT2D eigenvalue weighted by atomic mass is 16.5. The number of ether oxygens (including phenoxy) is 3. The van der Waals surface area contributed by atoms with Gasteiger partial charge in [-0.25, -0.2) is 0 Å². The van der Waals surface area contributed by atoms with Crippen LogP contribution in [0.4, 0.5) is 5.69 Å². The monoisotopic (exact) mass is 233 g/mol. The lowest BCUT2D eigenvalue weighted by molar-refractivity contribution is 0.325. The zero-order valence-corrected chi connectivity index (χ0v) is 10.4. The van der Waals surface area contributed by atoms with Crippen molar-refractivity contribution >= 4 is 5.69 Å². The van der Waals surface area contributed by atoms with Crippen molar-refractivity contribution in [3.63, 3.8) is 0 Å². The van der Waals surface area contributed by atoms with Gasteiger partial charge in [0.2, 0.25) is 5.75 Å². The van der Waals surface area contributed by atoms with E-state index in [9.17, 15) is 0 Å². The molecule has 0 spiro atoms. The maximum absolute atomic E-state index is 5.39. The maximum atomic E-state index is 5.39. The second-order valence-electron chi connectivity index (χ2n) is 3.70. The van der Waals surface area contributed by atoms with Crippen LogP contribution < -0.4 is 19.5 Å². The third-order valence-electron chi connectivity index (χ3n) is 2.61. The molecule has 4 heteroatoms. The molecule has 1 aromatic carbocycles. The van der Waals surface area contributed by atoms with Crippen LogP contribution in [0.1, 0.15) is 12.5 Å². The lowest BCUT2D eigenvalue weighted by Crippen LogP contribution is -2.17. The number of fused-ring (bicyclic) bond motifs is 1. The summed E-state index contributed by atoms with van der Waals surface area (Å²) in [6, 6.07) is 1.94. The van der Waals surface area contributed by atoms with Crippen molar-refractivity contribution in [2.24, 2.45) is 0 Å². The Labute approximate surface area is 101 Å². The molecule has 1 atom stereocenters. The molecule has 1 heterocycles. The standard InChI is InChI=1S/C13H15NO3/c1-8-5-6-9-7-10(15-2)12(16-3)13(17-4)11(9)14-8/h7-8,14H,1-4H3. The van der Waals surface area contributed by atoms with Gasteiger partial charge in [-0.05, 0) is 6.92 Å². The number of anilines is 1. The Bertz CT molecular complexity index is 500. The number of hydrogen-bond acceptors (Lipinski definition) is 4. The van der Waals surface area contributed by atoms with Gasteiger partial charge in [0.15, 0.2) is 11.5 Å². The van der Waals surface area contributed by atoms with Crippen LogP contribution in [0.25, 0.3) is 0 Å². The van der Waals surface area contributed by atoms with Crippen LogP contribution in [0.2, 0.25) is 0 Å². The van der Waals surface area contributed by atoms with Crippen molar-refractivity contribution in [2.45, 2.75) is 13.0 Å². The summed E-state index contributed by atoms with van der Waals surface area (Å²) in [7, 11) is 4.78. The van der Waals surface area contributed by atoms with E-state index in [1.54, 1.807) is 21.3 Å². The lowest BCUT2D eigenvalue weighted by Gasteiger charge is -2.22. The lowest BCUT2D eigenvalue weighted by atomic mass is 10.1. The van der Waals surface area contributed by atoms with Gasteiger partial charge in [0.1, 0.15) is 0 Å². The Morgan fingerprint density at radius 1 is 1.12 bits per heavy atom. The zero-order valence-electron chi connectivity index (χ0n) is 10.4. The number of rotatable bonds is 3. The zero-order chi connectivity index (χ0) is 12.4. The summed E-state index contributed by atoms with van der Waals surface area (Å²) in [5.41, 5.74) is 1.72. The van der Waals surface area contributed by atoms with Gasteiger partial charge >= 0.3 is 0 Å². The van der Waals surface area contributed by atoms with Crippen LogP contribution in [0.15, 0.2) is 6.07 Å². The predicted molar refractivity (Wildman–Crippen MR) is 66.1 cm³/mol. The molecule has 0 amide bonds. The van der Waals surface area contributed by atoms with Crippen LogP contribution in [-0.2, 0) is 0 Å². The van der Waals surface area contributed by atoms with E-state index < -0.39 is 0 Å². The van der Waals surface area contributed by atoms with Crippen molar-refractivity contribution in [3.8, 4) is 29.1 Å². The maximum Gasteiger partial charge on any atom is 0.205 e. The summed E-state index contributed by atoms with van der Waals surface area (Å²) in [5, 5.41) is 3.27. The summed E-state index contributed by atoms with van der Waals surface area (Å²) in [6.07, 6.45) is 0. The van der Waals surface area contributed by atoms with Crippen LogP contribution in [-0.4, -0.2) is 27.4 Å². The molecule has 90 valence electrons. The molecule has 1 unspecified atom stereocenters. The highest BCUT2D eigenvalue weighted by Gasteiger charge is 2.22. The first-order valence-electron chi connectivity index (χ1n) is 5.32. The minimum atomic E-state index is 0.0921. The first kappa shape index (κ1) is 11.5. The van der Waals surface area contributed by atoms with Crippen LogP contribution in [0.5, 0.6) is 17.2 Å². The smallest absolute Gasteiger partial charge is 0.205 e. The summed E-state index contributed by atoms with van der Waals surface area (Å²) in [6.45, 7) is 1.99. The van der Waals surface area contributed by atoms with Gasteiger partial charge in [-0.15, -0.1) is 0 Å². The Morgan fingerprint density at radius 2 is 1.82 bits per heavy atom. The Morgan fingerprint density at radius 3 is 2.41 bits per heavy atom.